The van der Waals surface area contributed by atoms with Crippen LogP contribution in [0, 0.1) is 5.82 Å². The lowest BCUT2D eigenvalue weighted by molar-refractivity contribution is -0.186. The first-order valence-electron chi connectivity index (χ1n) is 15.9. The molecule has 0 radical (unpaired) electrons. The predicted molar refractivity (Wildman–Crippen MR) is 187 cm³/mol. The summed E-state index contributed by atoms with van der Waals surface area (Å²) in [4.78, 5) is 21.7. The smallest absolute Gasteiger partial charge is 0.248 e. The molecule has 1 amide bonds. The number of benzene rings is 3. The molecule has 12 heteroatoms. The molecular weight excluding hydrogens is 647 g/mol. The van der Waals surface area contributed by atoms with Crippen molar-refractivity contribution in [3.05, 3.63) is 113 Å². The second-order valence-electron chi connectivity index (χ2n) is 12.9. The van der Waals surface area contributed by atoms with Crippen LogP contribution >= 0.6 is 11.6 Å². The zero-order valence-corrected chi connectivity index (χ0v) is 28.4. The number of carbonyl (C=O) groups is 1. The summed E-state index contributed by atoms with van der Waals surface area (Å²) >= 11 is 6.52. The summed E-state index contributed by atoms with van der Waals surface area (Å²) in [6, 6.07) is 21.2. The average molecular weight is 685 g/mol. The van der Waals surface area contributed by atoms with E-state index in [4.69, 9.17) is 20.8 Å². The Morgan fingerprint density at radius 3 is 2.61 bits per heavy atom. The molecular formula is C37H38ClFN6O4. The van der Waals surface area contributed by atoms with Gasteiger partial charge in [0.15, 0.2) is 0 Å². The molecule has 1 aliphatic rings. The highest BCUT2D eigenvalue weighted by molar-refractivity contribution is 6.32. The average Bonchev–Trinajstić information content (AvgIpc) is 3.61. The van der Waals surface area contributed by atoms with Crippen molar-refractivity contribution in [1.82, 2.24) is 25.7 Å². The van der Waals surface area contributed by atoms with Crippen LogP contribution in [0.15, 0.2) is 95.2 Å². The normalized spacial score (nSPS) is 15.3. The molecule has 1 aliphatic heterocycles. The standard InChI is InChI=1S/C37H38ClFN6O4/c1-36(2)19-29(37(3,4)45(36)47)35(46)41-15-14-40-20-27-10-13-32(49-27)24-8-11-31-28(17-24)34(43-22-42-31)44-26-9-12-33(30(38)18-26)48-21-23-6-5-7-25(39)16-23/h5-13,16-19,22,40,47H,14-15,20-21H2,1-4H3,(H,41,46)(H,42,43,44). The Labute approximate surface area is 288 Å². The SMILES string of the molecule is CC1(C)C=C(C(=O)NCCNCc2ccc(-c3ccc4ncnc(Nc5ccc(OCc6cccc(F)c6)c(Cl)c5)c4c3)o2)C(C)(C)N1O. The van der Waals surface area contributed by atoms with Crippen LogP contribution in [-0.2, 0) is 17.9 Å². The number of furan rings is 1. The van der Waals surface area contributed by atoms with Crippen LogP contribution in [-0.4, -0.2) is 50.3 Å². The maximum atomic E-state index is 13.5. The Morgan fingerprint density at radius 1 is 1.02 bits per heavy atom. The first kappa shape index (κ1) is 34.1. The van der Waals surface area contributed by atoms with E-state index in [1.165, 1.54) is 23.5 Å². The molecule has 0 fully saturated rings. The molecule has 0 atom stereocenters. The van der Waals surface area contributed by atoms with Crippen molar-refractivity contribution in [2.75, 3.05) is 18.4 Å². The lowest BCUT2D eigenvalue weighted by Crippen LogP contribution is -2.49. The molecule has 0 saturated heterocycles. The van der Waals surface area contributed by atoms with Gasteiger partial charge < -0.3 is 30.3 Å². The van der Waals surface area contributed by atoms with Crippen LogP contribution in [0.4, 0.5) is 15.9 Å². The number of amides is 1. The monoisotopic (exact) mass is 684 g/mol. The predicted octanol–water partition coefficient (Wildman–Crippen LogP) is 7.40. The second-order valence-corrected chi connectivity index (χ2v) is 13.3. The molecule has 2 aromatic heterocycles. The topological polar surface area (TPSA) is 125 Å². The summed E-state index contributed by atoms with van der Waals surface area (Å²) in [6.45, 7) is 9.00. The van der Waals surface area contributed by atoms with Crippen LogP contribution in [0.25, 0.3) is 22.2 Å². The van der Waals surface area contributed by atoms with Crippen molar-refractivity contribution >= 4 is 39.9 Å². The highest BCUT2D eigenvalue weighted by Gasteiger charge is 2.47. The summed E-state index contributed by atoms with van der Waals surface area (Å²) in [5.74, 6) is 2.00. The number of hydroxylamine groups is 2. The first-order valence-corrected chi connectivity index (χ1v) is 16.3. The molecule has 254 valence electrons. The van der Waals surface area contributed by atoms with Crippen molar-refractivity contribution in [1.29, 1.82) is 0 Å². The number of ether oxygens (including phenoxy) is 1. The van der Waals surface area contributed by atoms with E-state index in [-0.39, 0.29) is 18.3 Å². The van der Waals surface area contributed by atoms with Gasteiger partial charge in [0.1, 0.15) is 41.8 Å². The van der Waals surface area contributed by atoms with Gasteiger partial charge in [-0.15, -0.1) is 0 Å². The van der Waals surface area contributed by atoms with Crippen LogP contribution in [0.1, 0.15) is 39.0 Å². The molecule has 10 nitrogen and oxygen atoms in total. The number of carbonyl (C=O) groups excluding carboxylic acids is 1. The first-order chi connectivity index (χ1) is 23.4. The molecule has 0 aliphatic carbocycles. The summed E-state index contributed by atoms with van der Waals surface area (Å²) in [6.07, 6.45) is 3.30. The summed E-state index contributed by atoms with van der Waals surface area (Å²) in [5.41, 5.74) is 2.17. The van der Waals surface area contributed by atoms with E-state index >= 15 is 0 Å². The number of nitrogens with zero attached hydrogens (tertiary/aromatic N) is 3. The van der Waals surface area contributed by atoms with Gasteiger partial charge in [-0.05, 0) is 93.9 Å². The van der Waals surface area contributed by atoms with Gasteiger partial charge in [-0.25, -0.2) is 14.4 Å². The number of rotatable bonds is 12. The number of fused-ring (bicyclic) bond motifs is 1. The number of nitrogens with one attached hydrogen (secondary N) is 3. The van der Waals surface area contributed by atoms with E-state index in [9.17, 15) is 14.4 Å². The van der Waals surface area contributed by atoms with E-state index < -0.39 is 11.1 Å². The fraction of sp³-hybridized carbons (Fsp3) is 0.270. The molecule has 0 spiro atoms. The van der Waals surface area contributed by atoms with Gasteiger partial charge in [0.05, 0.1) is 28.2 Å². The van der Waals surface area contributed by atoms with Gasteiger partial charge in [0.2, 0.25) is 5.91 Å². The van der Waals surface area contributed by atoms with Crippen molar-refractivity contribution < 1.29 is 23.5 Å². The third kappa shape index (κ3) is 7.60. The number of hydrogen-bond donors (Lipinski definition) is 4. The van der Waals surface area contributed by atoms with Crippen LogP contribution < -0.4 is 20.7 Å². The number of anilines is 2. The minimum atomic E-state index is -0.779. The molecule has 3 heterocycles. The minimum Gasteiger partial charge on any atom is -0.487 e. The van der Waals surface area contributed by atoms with Gasteiger partial charge in [-0.2, -0.15) is 5.06 Å². The Bertz CT molecular complexity index is 2030. The highest BCUT2D eigenvalue weighted by Crippen LogP contribution is 2.38. The summed E-state index contributed by atoms with van der Waals surface area (Å²) in [5, 5.41) is 22.4. The van der Waals surface area contributed by atoms with E-state index in [1.807, 2.05) is 64.1 Å². The Balaban J connectivity index is 1.05. The van der Waals surface area contributed by atoms with E-state index in [0.29, 0.717) is 58.8 Å². The van der Waals surface area contributed by atoms with Crippen molar-refractivity contribution in [3.8, 4) is 17.1 Å². The molecule has 4 N–H and O–H groups in total. The molecule has 49 heavy (non-hydrogen) atoms. The van der Waals surface area contributed by atoms with E-state index in [0.717, 1.165) is 22.2 Å². The second kappa shape index (κ2) is 14.0. The maximum absolute atomic E-state index is 13.5. The number of halogens is 2. The molecule has 0 bridgehead atoms. The molecule has 0 saturated carbocycles. The van der Waals surface area contributed by atoms with Crippen LogP contribution in [0.5, 0.6) is 5.75 Å². The fourth-order valence-electron chi connectivity index (χ4n) is 5.90. The zero-order valence-electron chi connectivity index (χ0n) is 27.7. The Kier molecular flexibility index (Phi) is 9.71. The van der Waals surface area contributed by atoms with E-state index in [1.54, 1.807) is 30.3 Å². The van der Waals surface area contributed by atoms with Gasteiger partial charge in [0.25, 0.3) is 0 Å². The molecule has 3 aromatic carbocycles. The van der Waals surface area contributed by atoms with Gasteiger partial charge in [-0.1, -0.05) is 29.8 Å². The molecule has 6 rings (SSSR count). The van der Waals surface area contributed by atoms with Crippen molar-refractivity contribution in [2.45, 2.75) is 51.9 Å². The zero-order chi connectivity index (χ0) is 34.8. The minimum absolute atomic E-state index is 0.188. The molecule has 5 aromatic rings. The highest BCUT2D eigenvalue weighted by atomic mass is 35.5. The van der Waals surface area contributed by atoms with Crippen LogP contribution in [0.2, 0.25) is 5.02 Å². The third-order valence-corrected chi connectivity index (χ3v) is 8.72. The van der Waals surface area contributed by atoms with Crippen molar-refractivity contribution in [2.24, 2.45) is 0 Å². The summed E-state index contributed by atoms with van der Waals surface area (Å²) in [7, 11) is 0. The number of hydrogen-bond acceptors (Lipinski definition) is 9. The Morgan fingerprint density at radius 2 is 1.86 bits per heavy atom. The summed E-state index contributed by atoms with van der Waals surface area (Å²) < 4.78 is 25.4. The van der Waals surface area contributed by atoms with Crippen molar-refractivity contribution in [3.63, 3.8) is 0 Å². The fourth-order valence-corrected chi connectivity index (χ4v) is 6.13. The van der Waals surface area contributed by atoms with Gasteiger partial charge >= 0.3 is 0 Å². The lowest BCUT2D eigenvalue weighted by Gasteiger charge is -2.35. The van der Waals surface area contributed by atoms with Gasteiger partial charge in [-0.3, -0.25) is 4.79 Å². The number of aromatic nitrogens is 2. The van der Waals surface area contributed by atoms with E-state index in [2.05, 4.69) is 25.9 Å². The molecule has 0 unspecified atom stereocenters. The quantitative estimate of drug-likeness (QED) is 0.0995. The third-order valence-electron chi connectivity index (χ3n) is 8.42. The van der Waals surface area contributed by atoms with Crippen LogP contribution in [0.3, 0.4) is 0 Å². The Hall–Kier alpha value is -4.81. The maximum Gasteiger partial charge on any atom is 0.248 e. The lowest BCUT2D eigenvalue weighted by atomic mass is 9.96. The largest absolute Gasteiger partial charge is 0.487 e. The van der Waals surface area contributed by atoms with Gasteiger partial charge in [0, 0.05) is 35.3 Å².